The average Bonchev–Trinajstić information content (AvgIpc) is 2.59. The second kappa shape index (κ2) is 8.79. The summed E-state index contributed by atoms with van der Waals surface area (Å²) in [5.74, 6) is -0.578. The lowest BCUT2D eigenvalue weighted by Gasteiger charge is -2.07. The van der Waals surface area contributed by atoms with Crippen LogP contribution >= 0.6 is 11.6 Å². The molecule has 1 aromatic heterocycles. The fraction of sp³-hybridized carbons (Fsp3) is 0.176. The molecule has 1 heterocycles. The largest absolute Gasteiger partial charge is 0.352 e. The van der Waals surface area contributed by atoms with Gasteiger partial charge in [-0.2, -0.15) is 5.10 Å². The highest BCUT2D eigenvalue weighted by molar-refractivity contribution is 6.31. The van der Waals surface area contributed by atoms with Gasteiger partial charge in [0.15, 0.2) is 0 Å². The number of amides is 2. The number of hydrazone groups is 1. The third kappa shape index (κ3) is 5.48. The molecule has 0 spiro atoms. The van der Waals surface area contributed by atoms with Crippen LogP contribution in [0.5, 0.6) is 0 Å². The Balaban J connectivity index is 1.81. The lowest BCUT2D eigenvalue weighted by Crippen LogP contribution is -2.26. The number of nitrogens with one attached hydrogen (secondary N) is 2. The van der Waals surface area contributed by atoms with Gasteiger partial charge >= 0.3 is 0 Å². The maximum atomic E-state index is 11.9. The highest BCUT2D eigenvalue weighted by atomic mass is 35.5. The Morgan fingerprint density at radius 1 is 1.21 bits per heavy atom. The molecule has 0 bridgehead atoms. The fourth-order valence-electron chi connectivity index (χ4n) is 1.88. The van der Waals surface area contributed by atoms with Gasteiger partial charge in [0.1, 0.15) is 0 Å². The van der Waals surface area contributed by atoms with Crippen molar-refractivity contribution in [1.82, 2.24) is 15.7 Å². The van der Waals surface area contributed by atoms with Crippen molar-refractivity contribution >= 4 is 29.1 Å². The first-order valence-electron chi connectivity index (χ1n) is 7.30. The van der Waals surface area contributed by atoms with Crippen molar-refractivity contribution < 1.29 is 9.59 Å². The van der Waals surface area contributed by atoms with Gasteiger partial charge in [-0.25, -0.2) is 5.43 Å². The molecular weight excluding hydrogens is 328 g/mol. The zero-order valence-corrected chi connectivity index (χ0v) is 13.9. The van der Waals surface area contributed by atoms with E-state index in [-0.39, 0.29) is 18.2 Å². The Kier molecular flexibility index (Phi) is 6.45. The van der Waals surface area contributed by atoms with Crippen LogP contribution in [0, 0.1) is 0 Å². The molecule has 0 aliphatic carbocycles. The highest BCUT2D eigenvalue weighted by Crippen LogP contribution is 2.14. The minimum atomic E-state index is -0.376. The van der Waals surface area contributed by atoms with Crippen LogP contribution in [0.25, 0.3) is 0 Å². The topological polar surface area (TPSA) is 83.5 Å². The zero-order valence-electron chi connectivity index (χ0n) is 13.1. The molecule has 2 aromatic rings. The monoisotopic (exact) mass is 344 g/mol. The smallest absolute Gasteiger partial charge is 0.272 e. The molecule has 7 heteroatoms. The van der Waals surface area contributed by atoms with Crippen LogP contribution in [-0.4, -0.2) is 22.5 Å². The number of rotatable bonds is 6. The van der Waals surface area contributed by atoms with Gasteiger partial charge in [-0.1, -0.05) is 29.8 Å². The standard InChI is InChI=1S/C17H17ClN4O2/c1-12(21-22-17(24)14-6-4-8-19-10-14)9-16(23)20-11-13-5-2-3-7-15(13)18/h2-8,10H,9,11H2,1H3,(H,20,23)(H,22,24). The predicted octanol–water partition coefficient (Wildman–Crippen LogP) is 2.55. The van der Waals surface area contributed by atoms with Crippen LogP contribution in [0.3, 0.4) is 0 Å². The molecule has 0 aliphatic rings. The molecule has 2 amide bonds. The van der Waals surface area contributed by atoms with E-state index in [1.807, 2.05) is 18.2 Å². The SMILES string of the molecule is CC(CC(=O)NCc1ccccc1Cl)=NNC(=O)c1cccnc1. The Hall–Kier alpha value is -2.73. The van der Waals surface area contributed by atoms with Crippen LogP contribution in [0.15, 0.2) is 53.9 Å². The van der Waals surface area contributed by atoms with Crippen molar-refractivity contribution in [3.63, 3.8) is 0 Å². The second-order valence-corrected chi connectivity index (χ2v) is 5.48. The van der Waals surface area contributed by atoms with Gasteiger partial charge in [-0.15, -0.1) is 0 Å². The quantitative estimate of drug-likeness (QED) is 0.624. The maximum absolute atomic E-state index is 11.9. The van der Waals surface area contributed by atoms with E-state index in [4.69, 9.17) is 11.6 Å². The number of aromatic nitrogens is 1. The molecule has 1 aromatic carbocycles. The molecule has 0 saturated heterocycles. The lowest BCUT2D eigenvalue weighted by atomic mass is 10.2. The first-order chi connectivity index (χ1) is 11.6. The number of hydrogen-bond donors (Lipinski definition) is 2. The molecule has 0 atom stereocenters. The number of carbonyl (C=O) groups excluding carboxylic acids is 2. The molecular formula is C17H17ClN4O2. The third-order valence-corrected chi connectivity index (χ3v) is 3.49. The number of halogens is 1. The average molecular weight is 345 g/mol. The molecule has 2 N–H and O–H groups in total. The Bertz CT molecular complexity index is 747. The van der Waals surface area contributed by atoms with Crippen LogP contribution in [0.2, 0.25) is 5.02 Å². The molecule has 24 heavy (non-hydrogen) atoms. The summed E-state index contributed by atoms with van der Waals surface area (Å²) >= 11 is 6.03. The van der Waals surface area contributed by atoms with Gasteiger partial charge in [0, 0.05) is 29.7 Å². The van der Waals surface area contributed by atoms with Crippen LogP contribution in [0.1, 0.15) is 29.3 Å². The molecule has 124 valence electrons. The molecule has 0 saturated carbocycles. The summed E-state index contributed by atoms with van der Waals surface area (Å²) in [6, 6.07) is 10.6. The number of hydrogen-bond acceptors (Lipinski definition) is 4. The van der Waals surface area contributed by atoms with Crippen LogP contribution in [-0.2, 0) is 11.3 Å². The Morgan fingerprint density at radius 2 is 2.00 bits per heavy atom. The van der Waals surface area contributed by atoms with E-state index < -0.39 is 0 Å². The first kappa shape index (κ1) is 17.6. The van der Waals surface area contributed by atoms with E-state index in [1.165, 1.54) is 6.20 Å². The molecule has 0 aliphatic heterocycles. The van der Waals surface area contributed by atoms with E-state index in [0.717, 1.165) is 5.56 Å². The predicted molar refractivity (Wildman–Crippen MR) is 92.7 cm³/mol. The van der Waals surface area contributed by atoms with Crippen molar-refractivity contribution in [2.75, 3.05) is 0 Å². The van der Waals surface area contributed by atoms with Gasteiger partial charge in [0.25, 0.3) is 5.91 Å². The van der Waals surface area contributed by atoms with Crippen molar-refractivity contribution in [3.05, 3.63) is 64.9 Å². The van der Waals surface area contributed by atoms with Crippen LogP contribution < -0.4 is 10.7 Å². The van der Waals surface area contributed by atoms with Crippen LogP contribution in [0.4, 0.5) is 0 Å². The molecule has 2 rings (SSSR count). The van der Waals surface area contributed by atoms with E-state index in [0.29, 0.717) is 22.8 Å². The number of nitrogens with zero attached hydrogens (tertiary/aromatic N) is 2. The summed E-state index contributed by atoms with van der Waals surface area (Å²) in [5.41, 5.74) is 4.12. The summed E-state index contributed by atoms with van der Waals surface area (Å²) < 4.78 is 0. The molecule has 0 unspecified atom stereocenters. The normalized spacial score (nSPS) is 11.0. The number of carbonyl (C=O) groups is 2. The van der Waals surface area contributed by atoms with Gasteiger partial charge in [0.05, 0.1) is 12.0 Å². The van der Waals surface area contributed by atoms with Crippen molar-refractivity contribution in [3.8, 4) is 0 Å². The second-order valence-electron chi connectivity index (χ2n) is 5.07. The Morgan fingerprint density at radius 3 is 2.71 bits per heavy atom. The first-order valence-corrected chi connectivity index (χ1v) is 7.67. The van der Waals surface area contributed by atoms with Crippen molar-refractivity contribution in [2.45, 2.75) is 19.9 Å². The number of benzene rings is 1. The summed E-state index contributed by atoms with van der Waals surface area (Å²) in [4.78, 5) is 27.6. The highest BCUT2D eigenvalue weighted by Gasteiger charge is 2.07. The summed E-state index contributed by atoms with van der Waals surface area (Å²) in [7, 11) is 0. The van der Waals surface area contributed by atoms with E-state index in [1.54, 1.807) is 31.3 Å². The Labute approximate surface area is 144 Å². The van der Waals surface area contributed by atoms with Crippen molar-refractivity contribution in [2.24, 2.45) is 5.10 Å². The summed E-state index contributed by atoms with van der Waals surface area (Å²) in [6.45, 7) is 2.01. The van der Waals surface area contributed by atoms with E-state index in [9.17, 15) is 9.59 Å². The van der Waals surface area contributed by atoms with E-state index >= 15 is 0 Å². The lowest BCUT2D eigenvalue weighted by molar-refractivity contribution is -0.120. The fourth-order valence-corrected chi connectivity index (χ4v) is 2.08. The van der Waals surface area contributed by atoms with Gasteiger partial charge in [0.2, 0.25) is 5.91 Å². The minimum Gasteiger partial charge on any atom is -0.352 e. The molecule has 0 radical (unpaired) electrons. The minimum absolute atomic E-state index is 0.0811. The molecule has 0 fully saturated rings. The van der Waals surface area contributed by atoms with Gasteiger partial charge < -0.3 is 5.32 Å². The zero-order chi connectivity index (χ0) is 17.4. The summed E-state index contributed by atoms with van der Waals surface area (Å²) in [6.07, 6.45) is 3.10. The molecule has 6 nitrogen and oxygen atoms in total. The maximum Gasteiger partial charge on any atom is 0.272 e. The van der Waals surface area contributed by atoms with Crippen molar-refractivity contribution in [1.29, 1.82) is 0 Å². The summed E-state index contributed by atoms with van der Waals surface area (Å²) in [5, 5.41) is 7.28. The number of pyridine rings is 1. The van der Waals surface area contributed by atoms with E-state index in [2.05, 4.69) is 20.8 Å². The third-order valence-electron chi connectivity index (χ3n) is 3.12. The van der Waals surface area contributed by atoms with Gasteiger partial charge in [-0.3, -0.25) is 14.6 Å². The van der Waals surface area contributed by atoms with Gasteiger partial charge in [-0.05, 0) is 30.7 Å².